The molecule has 1 fully saturated rings. The van der Waals surface area contributed by atoms with Gasteiger partial charge in [-0.25, -0.2) is 9.59 Å². The Morgan fingerprint density at radius 3 is 2.58 bits per heavy atom. The maximum Gasteiger partial charge on any atom is 0.342 e. The fourth-order valence-corrected chi connectivity index (χ4v) is 2.93. The summed E-state index contributed by atoms with van der Waals surface area (Å²) < 4.78 is 10.8. The van der Waals surface area contributed by atoms with E-state index in [1.54, 1.807) is 18.2 Å². The largest absolute Gasteiger partial charge is 0.496 e. The summed E-state index contributed by atoms with van der Waals surface area (Å²) in [5, 5.41) is 6.14. The number of carbonyl (C=O) groups is 2. The van der Waals surface area contributed by atoms with Crippen molar-refractivity contribution in [1.29, 1.82) is 0 Å². The number of nitrogens with one attached hydrogen (secondary N) is 2. The molecule has 0 aromatic heterocycles. The van der Waals surface area contributed by atoms with Crippen molar-refractivity contribution >= 4 is 23.6 Å². The number of rotatable bonds is 5. The van der Waals surface area contributed by atoms with Crippen LogP contribution in [-0.2, 0) is 4.74 Å². The number of ether oxygens (including phenoxy) is 2. The quantitative estimate of drug-likeness (QED) is 0.796. The third-order valence-electron chi connectivity index (χ3n) is 4.00. The second kappa shape index (κ2) is 8.78. The number of carbonyl (C=O) groups excluding carboxylic acids is 2. The van der Waals surface area contributed by atoms with Crippen molar-refractivity contribution in [2.45, 2.75) is 44.8 Å². The van der Waals surface area contributed by atoms with E-state index in [9.17, 15) is 9.59 Å². The molecule has 0 aliphatic heterocycles. The highest BCUT2D eigenvalue weighted by Gasteiger charge is 2.26. The van der Waals surface area contributed by atoms with E-state index in [-0.39, 0.29) is 18.2 Å². The van der Waals surface area contributed by atoms with Crippen LogP contribution in [0.15, 0.2) is 18.2 Å². The van der Waals surface area contributed by atoms with E-state index in [1.807, 2.05) is 6.92 Å². The molecular formula is C17H23ClN2O4. The van der Waals surface area contributed by atoms with Gasteiger partial charge in [-0.3, -0.25) is 0 Å². The van der Waals surface area contributed by atoms with E-state index in [2.05, 4.69) is 10.6 Å². The van der Waals surface area contributed by atoms with Crippen molar-refractivity contribution in [2.24, 2.45) is 0 Å². The predicted molar refractivity (Wildman–Crippen MR) is 91.7 cm³/mol. The molecular weight excluding hydrogens is 332 g/mol. The summed E-state index contributed by atoms with van der Waals surface area (Å²) in [6.07, 6.45) is 2.86. The lowest BCUT2D eigenvalue weighted by Gasteiger charge is -2.29. The van der Waals surface area contributed by atoms with Crippen LogP contribution in [0.1, 0.15) is 43.0 Å². The molecule has 2 rings (SSSR count). The van der Waals surface area contributed by atoms with Crippen LogP contribution < -0.4 is 15.4 Å². The zero-order chi connectivity index (χ0) is 17.5. The van der Waals surface area contributed by atoms with Crippen molar-refractivity contribution in [1.82, 2.24) is 10.6 Å². The Morgan fingerprint density at radius 1 is 1.25 bits per heavy atom. The van der Waals surface area contributed by atoms with Gasteiger partial charge in [-0.1, -0.05) is 11.6 Å². The first-order valence-electron chi connectivity index (χ1n) is 8.12. The third-order valence-corrected chi connectivity index (χ3v) is 4.24. The maximum atomic E-state index is 12.3. The monoisotopic (exact) mass is 354 g/mol. The molecule has 0 unspecified atom stereocenters. The first kappa shape index (κ1) is 18.4. The molecule has 1 saturated carbocycles. The summed E-state index contributed by atoms with van der Waals surface area (Å²) in [5.41, 5.74) is 0.365. The van der Waals surface area contributed by atoms with E-state index in [0.717, 1.165) is 25.7 Å². The lowest BCUT2D eigenvalue weighted by Crippen LogP contribution is -2.44. The summed E-state index contributed by atoms with van der Waals surface area (Å²) in [4.78, 5) is 23.8. The third kappa shape index (κ3) is 5.03. The Labute approximate surface area is 146 Å². The average Bonchev–Trinajstić information content (AvgIpc) is 2.56. The molecule has 132 valence electrons. The maximum absolute atomic E-state index is 12.3. The van der Waals surface area contributed by atoms with Crippen LogP contribution in [0.2, 0.25) is 5.02 Å². The van der Waals surface area contributed by atoms with Gasteiger partial charge in [-0.05, 0) is 50.8 Å². The number of hydrogen-bond donors (Lipinski definition) is 2. The van der Waals surface area contributed by atoms with Crippen LogP contribution in [0.3, 0.4) is 0 Å². The van der Waals surface area contributed by atoms with E-state index in [0.29, 0.717) is 22.9 Å². The fourth-order valence-electron chi connectivity index (χ4n) is 2.77. The van der Waals surface area contributed by atoms with Crippen molar-refractivity contribution in [3.05, 3.63) is 28.8 Å². The number of esters is 1. The van der Waals surface area contributed by atoms with Gasteiger partial charge in [-0.2, -0.15) is 0 Å². The zero-order valence-corrected chi connectivity index (χ0v) is 14.7. The highest BCUT2D eigenvalue weighted by molar-refractivity contribution is 6.30. The van der Waals surface area contributed by atoms with Crippen molar-refractivity contribution in [2.75, 3.05) is 13.7 Å². The molecule has 7 heteroatoms. The Kier molecular flexibility index (Phi) is 6.73. The van der Waals surface area contributed by atoms with Gasteiger partial charge in [-0.15, -0.1) is 0 Å². The molecule has 0 spiro atoms. The summed E-state index contributed by atoms with van der Waals surface area (Å²) in [6.45, 7) is 2.47. The number of hydrogen-bond acceptors (Lipinski definition) is 4. The smallest absolute Gasteiger partial charge is 0.342 e. The van der Waals surface area contributed by atoms with Crippen LogP contribution in [-0.4, -0.2) is 37.8 Å². The molecule has 1 aromatic carbocycles. The van der Waals surface area contributed by atoms with Gasteiger partial charge in [0.25, 0.3) is 0 Å². The molecule has 24 heavy (non-hydrogen) atoms. The van der Waals surface area contributed by atoms with Crippen LogP contribution in [0.25, 0.3) is 0 Å². The highest BCUT2D eigenvalue weighted by Crippen LogP contribution is 2.27. The summed E-state index contributed by atoms with van der Waals surface area (Å²) in [5.74, 6) is -0.0114. The molecule has 0 heterocycles. The summed E-state index contributed by atoms with van der Waals surface area (Å²) in [7, 11) is 1.49. The van der Waals surface area contributed by atoms with Gasteiger partial charge in [0, 0.05) is 17.6 Å². The van der Waals surface area contributed by atoms with Gasteiger partial charge in [0.05, 0.1) is 7.11 Å². The minimum absolute atomic E-state index is 0.122. The summed E-state index contributed by atoms with van der Waals surface area (Å²) >= 11 is 5.90. The number of amides is 2. The number of benzene rings is 1. The SMILES string of the molecule is CCNC(=O)NC1CCC(OC(=O)c2ccc(Cl)cc2OC)CC1. The lowest BCUT2D eigenvalue weighted by molar-refractivity contribution is 0.0185. The molecule has 6 nitrogen and oxygen atoms in total. The first-order chi connectivity index (χ1) is 11.5. The summed E-state index contributed by atoms with van der Waals surface area (Å²) in [6, 6.07) is 4.80. The number of halogens is 1. The van der Waals surface area contributed by atoms with E-state index >= 15 is 0 Å². The Balaban J connectivity index is 1.85. The van der Waals surface area contributed by atoms with E-state index < -0.39 is 5.97 Å². The van der Waals surface area contributed by atoms with Gasteiger partial charge >= 0.3 is 12.0 Å². The average molecular weight is 355 g/mol. The topological polar surface area (TPSA) is 76.7 Å². The minimum Gasteiger partial charge on any atom is -0.496 e. The number of methoxy groups -OCH3 is 1. The van der Waals surface area contributed by atoms with E-state index in [1.165, 1.54) is 7.11 Å². The van der Waals surface area contributed by atoms with Crippen LogP contribution in [0.4, 0.5) is 4.79 Å². The molecule has 0 bridgehead atoms. The van der Waals surface area contributed by atoms with Crippen LogP contribution >= 0.6 is 11.6 Å². The predicted octanol–water partition coefficient (Wildman–Crippen LogP) is 3.14. The highest BCUT2D eigenvalue weighted by atomic mass is 35.5. The van der Waals surface area contributed by atoms with Crippen molar-refractivity contribution in [3.8, 4) is 5.75 Å². The second-order valence-corrected chi connectivity index (χ2v) is 6.16. The van der Waals surface area contributed by atoms with Gasteiger partial charge in [0.2, 0.25) is 0 Å². The molecule has 0 atom stereocenters. The Bertz CT molecular complexity index is 586. The first-order valence-corrected chi connectivity index (χ1v) is 8.50. The van der Waals surface area contributed by atoms with Crippen LogP contribution in [0, 0.1) is 0 Å². The van der Waals surface area contributed by atoms with Gasteiger partial charge in [0.1, 0.15) is 17.4 Å². The fraction of sp³-hybridized carbons (Fsp3) is 0.529. The molecule has 2 N–H and O–H groups in total. The lowest BCUT2D eigenvalue weighted by atomic mass is 9.93. The standard InChI is InChI=1S/C17H23ClN2O4/c1-3-19-17(22)20-12-5-7-13(8-6-12)24-16(21)14-9-4-11(18)10-15(14)23-2/h4,9-10,12-13H,3,5-8H2,1-2H3,(H2,19,20,22). The Morgan fingerprint density at radius 2 is 1.96 bits per heavy atom. The molecule has 2 amide bonds. The molecule has 0 saturated heterocycles. The van der Waals surface area contributed by atoms with Gasteiger partial charge < -0.3 is 20.1 Å². The zero-order valence-electron chi connectivity index (χ0n) is 13.9. The Hall–Kier alpha value is -1.95. The second-order valence-electron chi connectivity index (χ2n) is 5.73. The molecule has 1 aromatic rings. The van der Waals surface area contributed by atoms with Gasteiger partial charge in [0.15, 0.2) is 0 Å². The number of urea groups is 1. The minimum atomic E-state index is -0.413. The van der Waals surface area contributed by atoms with Crippen molar-refractivity contribution < 1.29 is 19.1 Å². The van der Waals surface area contributed by atoms with Crippen LogP contribution in [0.5, 0.6) is 5.75 Å². The molecule has 1 aliphatic rings. The van der Waals surface area contributed by atoms with Crippen molar-refractivity contribution in [3.63, 3.8) is 0 Å². The van der Waals surface area contributed by atoms with E-state index in [4.69, 9.17) is 21.1 Å². The molecule has 0 radical (unpaired) electrons. The normalized spacial score (nSPS) is 20.1. The molecule has 1 aliphatic carbocycles.